The van der Waals surface area contributed by atoms with Gasteiger partial charge in [-0.25, -0.2) is 0 Å². The standard InChI is InChI=1S/C74H116S3/c1-7-13-19-21-23-25-27-29-31-33-35-37-39-41-43-45-47-59-57-65-70(75-59)63-51-49-62-61(67(63)73(65,53-15-9-3)54-16-10-4)50-52-64-68(62)74(55-17-11-5,56-18-12-6)69-71(64)77-66-58-60(76-72(66)69)48-46-44-42-40-38-36-34-32-30-28-26-24-22-20-14-8-2/h49-52,57-58H,7-48,53-56H2,1-6H3. The molecule has 430 valence electrons. The maximum absolute atomic E-state index is 2.77. The van der Waals surface area contributed by atoms with E-state index in [-0.39, 0.29) is 10.8 Å². The average Bonchev–Trinajstić information content (AvgIpc) is 4.22. The van der Waals surface area contributed by atoms with Gasteiger partial charge in [0.05, 0.1) is 4.70 Å². The fraction of sp³-hybridized carbons (Fsp3) is 0.730. The van der Waals surface area contributed by atoms with E-state index < -0.39 is 0 Å². The van der Waals surface area contributed by atoms with Crippen molar-refractivity contribution in [2.24, 2.45) is 0 Å². The first kappa shape index (κ1) is 62.7. The smallest absolute Gasteiger partial charge is 0.0501 e. The van der Waals surface area contributed by atoms with Gasteiger partial charge in [0.15, 0.2) is 0 Å². The molecule has 0 fully saturated rings. The second kappa shape index (κ2) is 34.5. The summed E-state index contributed by atoms with van der Waals surface area (Å²) in [5, 5.41) is 3.21. The lowest BCUT2D eigenvalue weighted by molar-refractivity contribution is 0.416. The lowest BCUT2D eigenvalue weighted by atomic mass is 9.67. The van der Waals surface area contributed by atoms with Gasteiger partial charge in [-0.15, -0.1) is 34.0 Å². The molecule has 0 radical (unpaired) electrons. The lowest BCUT2D eigenvalue weighted by Crippen LogP contribution is -2.27. The maximum Gasteiger partial charge on any atom is 0.0501 e. The summed E-state index contributed by atoms with van der Waals surface area (Å²) in [6.07, 6.45) is 63.9. The van der Waals surface area contributed by atoms with Gasteiger partial charge in [0.1, 0.15) is 0 Å². The zero-order valence-corrected chi connectivity index (χ0v) is 53.7. The SMILES string of the molecule is CCCCCCCCCCCCCCCCCCc1cc2c(s1)-c1ccc3c4c(ccc3c1C2(CCCC)CCCC)-c1sc2cc(CCCCCCCCCCCCCCCCCC)sc2c1C4(CCCC)CCCC. The molecule has 3 heteroatoms. The van der Waals surface area contributed by atoms with Crippen molar-refractivity contribution in [2.75, 3.05) is 0 Å². The molecule has 0 saturated carbocycles. The Balaban J connectivity index is 1.02. The predicted molar refractivity (Wildman–Crippen MR) is 352 cm³/mol. The number of thiophene rings is 3. The molecule has 3 heterocycles. The highest BCUT2D eigenvalue weighted by atomic mass is 32.1. The zero-order valence-electron chi connectivity index (χ0n) is 51.2. The van der Waals surface area contributed by atoms with E-state index in [2.05, 4.69) is 112 Å². The van der Waals surface area contributed by atoms with Gasteiger partial charge >= 0.3 is 0 Å². The van der Waals surface area contributed by atoms with Crippen LogP contribution in [-0.2, 0) is 23.7 Å². The summed E-state index contributed by atoms with van der Waals surface area (Å²) >= 11 is 6.56. The van der Waals surface area contributed by atoms with E-state index in [1.807, 2.05) is 0 Å². The first-order valence-electron chi connectivity index (χ1n) is 34.3. The van der Waals surface area contributed by atoms with Crippen LogP contribution in [0.5, 0.6) is 0 Å². The summed E-state index contributed by atoms with van der Waals surface area (Å²) in [4.78, 5) is 6.58. The van der Waals surface area contributed by atoms with Gasteiger partial charge in [-0.3, -0.25) is 0 Å². The molecule has 0 saturated heterocycles. The van der Waals surface area contributed by atoms with E-state index >= 15 is 0 Å². The van der Waals surface area contributed by atoms with Crippen LogP contribution in [0.4, 0.5) is 0 Å². The first-order chi connectivity index (χ1) is 38.0. The van der Waals surface area contributed by atoms with Crippen molar-refractivity contribution >= 4 is 54.2 Å². The minimum Gasteiger partial charge on any atom is -0.140 e. The van der Waals surface area contributed by atoms with Gasteiger partial charge in [0.2, 0.25) is 0 Å². The summed E-state index contributed by atoms with van der Waals surface area (Å²) in [6.45, 7) is 14.4. The summed E-state index contributed by atoms with van der Waals surface area (Å²) in [5.41, 5.74) is 10.3. The summed E-state index contributed by atoms with van der Waals surface area (Å²) in [6, 6.07) is 16.1. The molecule has 77 heavy (non-hydrogen) atoms. The van der Waals surface area contributed by atoms with Crippen molar-refractivity contribution in [2.45, 2.75) is 348 Å². The van der Waals surface area contributed by atoms with E-state index in [4.69, 9.17) is 0 Å². The third kappa shape index (κ3) is 16.6. The number of fused-ring (bicyclic) bond motifs is 11. The van der Waals surface area contributed by atoms with Crippen LogP contribution < -0.4 is 0 Å². The minimum absolute atomic E-state index is 0.0953. The number of benzene rings is 2. The van der Waals surface area contributed by atoms with Crippen LogP contribution in [0.25, 0.3) is 41.1 Å². The highest BCUT2D eigenvalue weighted by Gasteiger charge is 2.49. The van der Waals surface area contributed by atoms with Crippen molar-refractivity contribution in [3.05, 3.63) is 68.4 Å². The Morgan fingerprint density at radius 2 is 0.636 bits per heavy atom. The van der Waals surface area contributed by atoms with Crippen molar-refractivity contribution < 1.29 is 0 Å². The molecule has 0 aliphatic heterocycles. The van der Waals surface area contributed by atoms with Crippen LogP contribution in [0.3, 0.4) is 0 Å². The molecule has 2 aliphatic rings. The molecule has 7 rings (SSSR count). The monoisotopic (exact) mass is 1100 g/mol. The molecule has 0 nitrogen and oxygen atoms in total. The first-order valence-corrected chi connectivity index (χ1v) is 36.8. The Morgan fingerprint density at radius 1 is 0.299 bits per heavy atom. The van der Waals surface area contributed by atoms with Crippen LogP contribution in [0.2, 0.25) is 0 Å². The second-order valence-electron chi connectivity index (χ2n) is 25.4. The fourth-order valence-electron chi connectivity index (χ4n) is 14.8. The molecule has 0 amide bonds. The summed E-state index contributed by atoms with van der Waals surface area (Å²) in [5.74, 6) is 0. The molecule has 0 bridgehead atoms. The Morgan fingerprint density at radius 3 is 1.04 bits per heavy atom. The van der Waals surface area contributed by atoms with Crippen LogP contribution in [0, 0.1) is 0 Å². The Labute approximate surface area is 488 Å². The van der Waals surface area contributed by atoms with Crippen molar-refractivity contribution in [3.63, 3.8) is 0 Å². The Hall–Kier alpha value is -1.94. The number of hydrogen-bond donors (Lipinski definition) is 0. The van der Waals surface area contributed by atoms with E-state index in [0.29, 0.717) is 0 Å². The van der Waals surface area contributed by atoms with Crippen LogP contribution in [0.1, 0.15) is 356 Å². The van der Waals surface area contributed by atoms with E-state index in [9.17, 15) is 0 Å². The molecular weight excluding hydrogens is 985 g/mol. The molecule has 3 aromatic heterocycles. The molecule has 2 aliphatic carbocycles. The van der Waals surface area contributed by atoms with Crippen molar-refractivity contribution in [1.82, 2.24) is 0 Å². The van der Waals surface area contributed by atoms with Crippen LogP contribution in [0.15, 0.2) is 36.4 Å². The second-order valence-corrected chi connectivity index (χ2v) is 28.7. The molecular formula is C74H116S3. The summed E-state index contributed by atoms with van der Waals surface area (Å²) in [7, 11) is 0. The third-order valence-corrected chi connectivity index (χ3v) is 23.0. The molecule has 0 spiro atoms. The molecule has 0 unspecified atom stereocenters. The number of hydrogen-bond acceptors (Lipinski definition) is 3. The van der Waals surface area contributed by atoms with Crippen molar-refractivity contribution in [3.8, 4) is 20.9 Å². The van der Waals surface area contributed by atoms with Gasteiger partial charge in [-0.1, -0.05) is 310 Å². The Kier molecular flexibility index (Phi) is 28.1. The van der Waals surface area contributed by atoms with Crippen LogP contribution >= 0.6 is 34.0 Å². The van der Waals surface area contributed by atoms with E-state index in [1.165, 1.54) is 295 Å². The van der Waals surface area contributed by atoms with Crippen LogP contribution in [-0.4, -0.2) is 0 Å². The number of unbranched alkanes of at least 4 members (excludes halogenated alkanes) is 34. The predicted octanol–water partition coefficient (Wildman–Crippen LogP) is 27.1. The summed E-state index contributed by atoms with van der Waals surface area (Å²) < 4.78 is 3.25. The van der Waals surface area contributed by atoms with Gasteiger partial charge < -0.3 is 0 Å². The highest BCUT2D eigenvalue weighted by molar-refractivity contribution is 7.30. The molecule has 0 atom stereocenters. The largest absolute Gasteiger partial charge is 0.140 e. The minimum atomic E-state index is 0.0953. The highest BCUT2D eigenvalue weighted by Crippen LogP contribution is 2.65. The average molecular weight is 1100 g/mol. The number of aryl methyl sites for hydroxylation is 2. The normalized spacial score (nSPS) is 14.1. The maximum atomic E-state index is 2.77. The van der Waals surface area contributed by atoms with Gasteiger partial charge in [0, 0.05) is 35.0 Å². The third-order valence-electron chi connectivity index (χ3n) is 19.2. The van der Waals surface area contributed by atoms with Gasteiger partial charge in [-0.05, 0) is 108 Å². The van der Waals surface area contributed by atoms with Gasteiger partial charge in [-0.2, -0.15) is 0 Å². The van der Waals surface area contributed by atoms with Gasteiger partial charge in [0.25, 0.3) is 0 Å². The van der Waals surface area contributed by atoms with Crippen molar-refractivity contribution in [1.29, 1.82) is 0 Å². The molecule has 0 N–H and O–H groups in total. The zero-order chi connectivity index (χ0) is 54.0. The van der Waals surface area contributed by atoms with E-state index in [0.717, 1.165) is 0 Å². The number of rotatable bonds is 46. The molecule has 5 aromatic rings. The fourth-order valence-corrected chi connectivity index (χ4v) is 19.0. The van der Waals surface area contributed by atoms with E-state index in [1.54, 1.807) is 73.1 Å². The molecule has 2 aromatic carbocycles. The quantitative estimate of drug-likeness (QED) is 0.0341. The topological polar surface area (TPSA) is 0 Å². The Bertz CT molecular complexity index is 2380. The lowest BCUT2D eigenvalue weighted by Gasteiger charge is -2.35.